The van der Waals surface area contributed by atoms with Gasteiger partial charge in [0.2, 0.25) is 0 Å². The van der Waals surface area contributed by atoms with Crippen LogP contribution in [0.4, 0.5) is 0 Å². The summed E-state index contributed by atoms with van der Waals surface area (Å²) < 4.78 is 0. The molecule has 0 radical (unpaired) electrons. The Morgan fingerprint density at radius 3 is 2.25 bits per heavy atom. The molecular formula is C18H24Cl2. The zero-order chi connectivity index (χ0) is 14.2. The molecule has 2 aliphatic rings. The average molecular weight is 311 g/mol. The highest BCUT2D eigenvalue weighted by Gasteiger charge is 2.44. The predicted octanol–water partition coefficient (Wildman–Crippen LogP) is 5.54. The zero-order valence-corrected chi connectivity index (χ0v) is 13.8. The largest absolute Gasteiger partial charge is 0.126 e. The zero-order valence-electron chi connectivity index (χ0n) is 12.2. The molecule has 0 amide bonds. The van der Waals surface area contributed by atoms with Crippen molar-refractivity contribution in [3.63, 3.8) is 0 Å². The summed E-state index contributed by atoms with van der Waals surface area (Å²) in [5.41, 5.74) is 2.59. The first-order valence-corrected chi connectivity index (χ1v) is 8.93. The molecule has 2 aliphatic carbocycles. The molecular weight excluding hydrogens is 287 g/mol. The second-order valence-electron chi connectivity index (χ2n) is 7.05. The molecule has 110 valence electrons. The summed E-state index contributed by atoms with van der Waals surface area (Å²) in [4.78, 5) is 0. The number of fused-ring (bicyclic) bond motifs is 2. The minimum atomic E-state index is -0.0358. The van der Waals surface area contributed by atoms with Crippen molar-refractivity contribution in [1.82, 2.24) is 0 Å². The van der Waals surface area contributed by atoms with E-state index in [0.29, 0.717) is 11.8 Å². The van der Waals surface area contributed by atoms with E-state index in [0.717, 1.165) is 17.8 Å². The second kappa shape index (κ2) is 5.89. The van der Waals surface area contributed by atoms with Crippen LogP contribution in [0.3, 0.4) is 0 Å². The second-order valence-corrected chi connectivity index (χ2v) is 7.59. The molecule has 2 fully saturated rings. The standard InChI is InChI=1S/C18H24Cl2/c1-13-2-6-17(7-3-13)18(11-19,12-20)10-16-9-14-4-5-15(16)8-14/h2-3,6-7,14-16H,4-5,8-12H2,1H3. The monoisotopic (exact) mass is 310 g/mol. The lowest BCUT2D eigenvalue weighted by Crippen LogP contribution is -2.34. The van der Waals surface area contributed by atoms with Gasteiger partial charge in [-0.2, -0.15) is 0 Å². The Morgan fingerprint density at radius 1 is 1.05 bits per heavy atom. The van der Waals surface area contributed by atoms with Crippen molar-refractivity contribution >= 4 is 23.2 Å². The van der Waals surface area contributed by atoms with Crippen LogP contribution in [-0.2, 0) is 5.41 Å². The van der Waals surface area contributed by atoms with Gasteiger partial charge in [0.25, 0.3) is 0 Å². The van der Waals surface area contributed by atoms with E-state index >= 15 is 0 Å². The van der Waals surface area contributed by atoms with Crippen LogP contribution in [0.15, 0.2) is 24.3 Å². The Bertz CT molecular complexity index is 447. The number of rotatable bonds is 5. The van der Waals surface area contributed by atoms with Crippen LogP contribution in [0.5, 0.6) is 0 Å². The topological polar surface area (TPSA) is 0 Å². The summed E-state index contributed by atoms with van der Waals surface area (Å²) in [6, 6.07) is 8.83. The highest BCUT2D eigenvalue weighted by Crippen LogP contribution is 2.52. The quantitative estimate of drug-likeness (QED) is 0.627. The van der Waals surface area contributed by atoms with Crippen molar-refractivity contribution in [1.29, 1.82) is 0 Å². The van der Waals surface area contributed by atoms with E-state index in [1.165, 1.54) is 43.2 Å². The minimum absolute atomic E-state index is 0.0358. The average Bonchev–Trinajstić information content (AvgIpc) is 3.08. The maximum Gasteiger partial charge on any atom is 0.0332 e. The SMILES string of the molecule is Cc1ccc(C(CCl)(CCl)CC2CC3CCC2C3)cc1. The summed E-state index contributed by atoms with van der Waals surface area (Å²) >= 11 is 12.8. The molecule has 0 nitrogen and oxygen atoms in total. The van der Waals surface area contributed by atoms with Gasteiger partial charge in [-0.05, 0) is 55.9 Å². The predicted molar refractivity (Wildman–Crippen MR) is 87.9 cm³/mol. The molecule has 0 saturated heterocycles. The van der Waals surface area contributed by atoms with Crippen LogP contribution in [0.25, 0.3) is 0 Å². The van der Waals surface area contributed by atoms with Crippen molar-refractivity contribution in [3.8, 4) is 0 Å². The number of aryl methyl sites for hydroxylation is 1. The molecule has 20 heavy (non-hydrogen) atoms. The maximum atomic E-state index is 6.39. The lowest BCUT2D eigenvalue weighted by Gasteiger charge is -2.36. The van der Waals surface area contributed by atoms with Crippen molar-refractivity contribution in [2.75, 3.05) is 11.8 Å². The van der Waals surface area contributed by atoms with Gasteiger partial charge in [-0.3, -0.25) is 0 Å². The van der Waals surface area contributed by atoms with Crippen LogP contribution in [0, 0.1) is 24.7 Å². The summed E-state index contributed by atoms with van der Waals surface area (Å²) in [6.45, 7) is 2.13. The molecule has 3 rings (SSSR count). The van der Waals surface area contributed by atoms with Crippen molar-refractivity contribution < 1.29 is 0 Å². The Labute approximate surface area is 132 Å². The lowest BCUT2D eigenvalue weighted by molar-refractivity contribution is 0.263. The highest BCUT2D eigenvalue weighted by atomic mass is 35.5. The molecule has 0 aromatic heterocycles. The number of benzene rings is 1. The maximum absolute atomic E-state index is 6.39. The lowest BCUT2D eigenvalue weighted by atomic mass is 9.72. The van der Waals surface area contributed by atoms with Crippen LogP contribution >= 0.6 is 23.2 Å². The third kappa shape index (κ3) is 2.62. The van der Waals surface area contributed by atoms with Gasteiger partial charge in [0, 0.05) is 17.2 Å². The van der Waals surface area contributed by atoms with E-state index in [1.54, 1.807) is 0 Å². The summed E-state index contributed by atoms with van der Waals surface area (Å²) in [7, 11) is 0. The van der Waals surface area contributed by atoms with Gasteiger partial charge in [-0.1, -0.05) is 36.2 Å². The Morgan fingerprint density at radius 2 is 1.75 bits per heavy atom. The van der Waals surface area contributed by atoms with Crippen LogP contribution in [-0.4, -0.2) is 11.8 Å². The molecule has 0 spiro atoms. The fourth-order valence-electron chi connectivity index (χ4n) is 4.45. The van der Waals surface area contributed by atoms with Crippen molar-refractivity contribution in [2.45, 2.75) is 44.4 Å². The van der Waals surface area contributed by atoms with Crippen LogP contribution in [0.2, 0.25) is 0 Å². The van der Waals surface area contributed by atoms with Gasteiger partial charge < -0.3 is 0 Å². The van der Waals surface area contributed by atoms with Gasteiger partial charge in [-0.25, -0.2) is 0 Å². The molecule has 1 aromatic carbocycles. The Hall–Kier alpha value is -0.200. The van der Waals surface area contributed by atoms with Gasteiger partial charge in [0.1, 0.15) is 0 Å². The van der Waals surface area contributed by atoms with E-state index in [1.807, 2.05) is 0 Å². The molecule has 0 heterocycles. The first-order chi connectivity index (χ1) is 9.66. The third-order valence-corrected chi connectivity index (χ3v) is 6.74. The van der Waals surface area contributed by atoms with Crippen LogP contribution in [0.1, 0.15) is 43.2 Å². The van der Waals surface area contributed by atoms with E-state index in [4.69, 9.17) is 23.2 Å². The molecule has 2 bridgehead atoms. The first-order valence-electron chi connectivity index (χ1n) is 7.86. The third-order valence-electron chi connectivity index (χ3n) is 5.71. The van der Waals surface area contributed by atoms with E-state index < -0.39 is 0 Å². The Kier molecular flexibility index (Phi) is 4.34. The highest BCUT2D eigenvalue weighted by molar-refractivity contribution is 6.22. The molecule has 1 aromatic rings. The molecule has 3 unspecified atom stereocenters. The summed E-state index contributed by atoms with van der Waals surface area (Å²) in [5.74, 6) is 4.04. The Balaban J connectivity index is 1.82. The molecule has 3 atom stereocenters. The molecule has 0 N–H and O–H groups in total. The smallest absolute Gasteiger partial charge is 0.0332 e. The normalized spacial score (nSPS) is 29.1. The van der Waals surface area contributed by atoms with Crippen molar-refractivity contribution in [2.24, 2.45) is 17.8 Å². The van der Waals surface area contributed by atoms with Gasteiger partial charge in [0.05, 0.1) is 0 Å². The van der Waals surface area contributed by atoms with E-state index in [2.05, 4.69) is 31.2 Å². The van der Waals surface area contributed by atoms with Crippen molar-refractivity contribution in [3.05, 3.63) is 35.4 Å². The fourth-order valence-corrected chi connectivity index (χ4v) is 5.26. The number of alkyl halides is 2. The van der Waals surface area contributed by atoms with Gasteiger partial charge in [-0.15, -0.1) is 23.2 Å². The van der Waals surface area contributed by atoms with E-state index in [-0.39, 0.29) is 5.41 Å². The number of hydrogen-bond donors (Lipinski definition) is 0. The molecule has 2 heteroatoms. The van der Waals surface area contributed by atoms with Gasteiger partial charge >= 0.3 is 0 Å². The molecule has 0 aliphatic heterocycles. The number of hydrogen-bond acceptors (Lipinski definition) is 0. The first kappa shape index (κ1) is 14.7. The number of halogens is 2. The fraction of sp³-hybridized carbons (Fsp3) is 0.667. The summed E-state index contributed by atoms with van der Waals surface area (Å²) in [5, 5.41) is 0. The van der Waals surface area contributed by atoms with Crippen LogP contribution < -0.4 is 0 Å². The van der Waals surface area contributed by atoms with E-state index in [9.17, 15) is 0 Å². The minimum Gasteiger partial charge on any atom is -0.126 e. The summed E-state index contributed by atoms with van der Waals surface area (Å²) in [6.07, 6.45) is 6.93. The molecule has 2 saturated carbocycles. The van der Waals surface area contributed by atoms with Gasteiger partial charge in [0.15, 0.2) is 0 Å².